The number of benzene rings is 2. The minimum atomic E-state index is -4.49. The van der Waals surface area contributed by atoms with Gasteiger partial charge in [-0.05, 0) is 60.6 Å². The van der Waals surface area contributed by atoms with Crippen LogP contribution in [0.2, 0.25) is 0 Å². The molecule has 30 heavy (non-hydrogen) atoms. The van der Waals surface area contributed by atoms with Gasteiger partial charge in [0, 0.05) is 10.9 Å². The summed E-state index contributed by atoms with van der Waals surface area (Å²) in [6.07, 6.45) is -2.98. The third-order valence-electron chi connectivity index (χ3n) is 4.61. The van der Waals surface area contributed by atoms with E-state index in [2.05, 4.69) is 9.98 Å². The molecule has 0 fully saturated rings. The highest BCUT2D eigenvalue weighted by molar-refractivity contribution is 6.24. The van der Waals surface area contributed by atoms with Crippen LogP contribution in [0.5, 0.6) is 0 Å². The molecule has 2 heterocycles. The second kappa shape index (κ2) is 7.78. The highest BCUT2D eigenvalue weighted by Gasteiger charge is 2.30. The molecule has 8 heteroatoms. The summed E-state index contributed by atoms with van der Waals surface area (Å²) in [6, 6.07) is 17.5. The summed E-state index contributed by atoms with van der Waals surface area (Å²) >= 11 is 0. The molecule has 3 nitrogen and oxygen atoms in total. The van der Waals surface area contributed by atoms with Crippen LogP contribution in [0.15, 0.2) is 77.9 Å². The average molecular weight is 408 g/mol. The van der Waals surface area contributed by atoms with Crippen molar-refractivity contribution < 1.29 is 17.5 Å². The fraction of sp³-hybridized carbons (Fsp3) is 0.0909. The zero-order chi connectivity index (χ0) is 21.3. The Hall–Kier alpha value is -3.42. The number of halogens is 4. The number of fused-ring (bicyclic) bond motifs is 1. The molecule has 4 aromatic rings. The summed E-state index contributed by atoms with van der Waals surface area (Å²) in [6.45, 7) is 1.73. The maximum Gasteiger partial charge on any atom is 0.496 e. The van der Waals surface area contributed by atoms with Crippen molar-refractivity contribution in [2.24, 2.45) is 4.99 Å². The van der Waals surface area contributed by atoms with E-state index in [4.69, 9.17) is 0 Å². The summed E-state index contributed by atoms with van der Waals surface area (Å²) in [5.41, 5.74) is 1.38. The monoisotopic (exact) mass is 408 g/mol. The van der Waals surface area contributed by atoms with Gasteiger partial charge in [0.2, 0.25) is 0 Å². The van der Waals surface area contributed by atoms with Gasteiger partial charge in [0.1, 0.15) is 5.49 Å². The van der Waals surface area contributed by atoms with Crippen LogP contribution < -0.4 is 5.49 Å². The summed E-state index contributed by atoms with van der Waals surface area (Å²) in [5, 5.41) is 0.920. The van der Waals surface area contributed by atoms with Crippen molar-refractivity contribution in [1.82, 2.24) is 9.46 Å². The molecule has 2 aromatic carbocycles. The topological polar surface area (TPSA) is 30.2 Å². The van der Waals surface area contributed by atoms with Crippen LogP contribution in [0.1, 0.15) is 11.1 Å². The van der Waals surface area contributed by atoms with Gasteiger partial charge in [-0.15, -0.1) is 0 Å². The molecule has 0 N–H and O–H groups in total. The van der Waals surface area contributed by atoms with E-state index in [-0.39, 0.29) is 11.1 Å². The molecule has 0 spiro atoms. The van der Waals surface area contributed by atoms with Crippen molar-refractivity contribution in [2.75, 3.05) is 0 Å². The third kappa shape index (κ3) is 3.98. The van der Waals surface area contributed by atoms with Gasteiger partial charge in [-0.3, -0.25) is 0 Å². The predicted molar refractivity (Wildman–Crippen MR) is 109 cm³/mol. The number of para-hydroxylation sites is 1. The highest BCUT2D eigenvalue weighted by Crippen LogP contribution is 2.31. The largest absolute Gasteiger partial charge is 0.496 e. The van der Waals surface area contributed by atoms with Crippen LogP contribution in [-0.2, 0) is 6.18 Å². The predicted octanol–water partition coefficient (Wildman–Crippen LogP) is 5.61. The minimum Gasteiger partial charge on any atom is -0.349 e. The molecule has 4 rings (SSSR count). The first-order valence-electron chi connectivity index (χ1n) is 9.10. The van der Waals surface area contributed by atoms with Gasteiger partial charge < -0.3 is 8.79 Å². The van der Waals surface area contributed by atoms with Gasteiger partial charge in [-0.25, -0.2) is 9.98 Å². The van der Waals surface area contributed by atoms with E-state index in [1.807, 2.05) is 30.3 Å². The Bertz CT molecular complexity index is 1300. The fourth-order valence-corrected chi connectivity index (χ4v) is 3.24. The zero-order valence-electron chi connectivity index (χ0n) is 15.9. The SMILES string of the molecule is Cc1cc(-c2cccc(C(F)(F)F)c2)c(=Nc2ccc3ccccc3n2)n([B]F)c1. The van der Waals surface area contributed by atoms with Gasteiger partial charge >= 0.3 is 13.9 Å². The van der Waals surface area contributed by atoms with Crippen molar-refractivity contribution in [3.05, 3.63) is 89.5 Å². The first kappa shape index (κ1) is 19.9. The summed E-state index contributed by atoms with van der Waals surface area (Å²) in [7, 11) is 0.323. The smallest absolute Gasteiger partial charge is 0.349 e. The van der Waals surface area contributed by atoms with Crippen molar-refractivity contribution >= 4 is 24.4 Å². The van der Waals surface area contributed by atoms with E-state index >= 15 is 0 Å². The maximum atomic E-state index is 13.7. The number of rotatable bonds is 3. The Kier molecular flexibility index (Phi) is 5.16. The molecule has 0 amide bonds. The van der Waals surface area contributed by atoms with Crippen LogP contribution >= 0.6 is 0 Å². The fourth-order valence-electron chi connectivity index (χ4n) is 3.24. The maximum absolute atomic E-state index is 13.7. The van der Waals surface area contributed by atoms with Crippen LogP contribution in [-0.4, -0.2) is 17.2 Å². The molecule has 0 saturated heterocycles. The number of alkyl halides is 3. The van der Waals surface area contributed by atoms with Crippen LogP contribution in [0, 0.1) is 6.92 Å². The van der Waals surface area contributed by atoms with E-state index < -0.39 is 11.7 Å². The van der Waals surface area contributed by atoms with Crippen LogP contribution in [0.3, 0.4) is 0 Å². The number of nitrogens with zero attached hydrogens (tertiary/aromatic N) is 3. The number of hydrogen-bond acceptors (Lipinski definition) is 2. The Balaban J connectivity index is 1.96. The molecule has 1 radical (unpaired) electrons. The van der Waals surface area contributed by atoms with Gasteiger partial charge in [-0.2, -0.15) is 13.2 Å². The lowest BCUT2D eigenvalue weighted by Crippen LogP contribution is -2.25. The van der Waals surface area contributed by atoms with Crippen molar-refractivity contribution in [3.8, 4) is 11.1 Å². The number of pyridine rings is 2. The first-order valence-corrected chi connectivity index (χ1v) is 9.10. The summed E-state index contributed by atoms with van der Waals surface area (Å²) in [5.74, 6) is 0.321. The molecular formula is C22H15BF4N3. The third-order valence-corrected chi connectivity index (χ3v) is 4.61. The lowest BCUT2D eigenvalue weighted by atomic mass is 10.0. The molecular weight excluding hydrogens is 393 g/mol. The van der Waals surface area contributed by atoms with Gasteiger partial charge in [-0.1, -0.05) is 30.3 Å². The zero-order valence-corrected chi connectivity index (χ0v) is 15.9. The Morgan fingerprint density at radius 2 is 1.77 bits per heavy atom. The standard InChI is InChI=1S/C22H15BF4N3/c1-14-11-18(16-6-4-7-17(12-16)22(24,25)26)21(30(13-14)23-27)29-20-10-9-15-5-2-3-8-19(15)28-20/h2-13H,1H3. The van der Waals surface area contributed by atoms with Crippen LogP contribution in [0.4, 0.5) is 23.3 Å². The van der Waals surface area contributed by atoms with E-state index in [1.54, 1.807) is 25.1 Å². The van der Waals surface area contributed by atoms with Gasteiger partial charge in [0.25, 0.3) is 0 Å². The normalized spacial score (nSPS) is 12.4. The molecule has 0 saturated carbocycles. The van der Waals surface area contributed by atoms with E-state index in [0.717, 1.165) is 22.0 Å². The second-order valence-electron chi connectivity index (χ2n) is 6.81. The lowest BCUT2D eigenvalue weighted by Gasteiger charge is -2.12. The van der Waals surface area contributed by atoms with E-state index in [0.29, 0.717) is 30.2 Å². The quantitative estimate of drug-likeness (QED) is 0.320. The Morgan fingerprint density at radius 3 is 2.53 bits per heavy atom. The van der Waals surface area contributed by atoms with Crippen LogP contribution in [0.25, 0.3) is 22.0 Å². The Labute approximate surface area is 170 Å². The van der Waals surface area contributed by atoms with E-state index in [1.165, 1.54) is 12.3 Å². The molecule has 0 atom stereocenters. The van der Waals surface area contributed by atoms with Crippen molar-refractivity contribution in [2.45, 2.75) is 13.1 Å². The van der Waals surface area contributed by atoms with E-state index in [9.17, 15) is 17.5 Å². The minimum absolute atomic E-state index is 0.144. The van der Waals surface area contributed by atoms with Crippen molar-refractivity contribution in [1.29, 1.82) is 0 Å². The summed E-state index contributed by atoms with van der Waals surface area (Å²) in [4.78, 5) is 8.93. The molecule has 0 bridgehead atoms. The number of hydrogen-bond donors (Lipinski definition) is 0. The number of aryl methyl sites for hydroxylation is 1. The molecule has 0 unspecified atom stereocenters. The molecule has 2 aromatic heterocycles. The van der Waals surface area contributed by atoms with Gasteiger partial charge in [0.05, 0.1) is 11.1 Å². The molecule has 0 aliphatic heterocycles. The summed E-state index contributed by atoms with van der Waals surface area (Å²) < 4.78 is 54.4. The Morgan fingerprint density at radius 1 is 0.967 bits per heavy atom. The number of aromatic nitrogens is 2. The van der Waals surface area contributed by atoms with Crippen molar-refractivity contribution in [3.63, 3.8) is 0 Å². The average Bonchev–Trinajstić information content (AvgIpc) is 2.74. The molecule has 149 valence electrons. The van der Waals surface area contributed by atoms with Gasteiger partial charge in [0.15, 0.2) is 5.82 Å². The lowest BCUT2D eigenvalue weighted by molar-refractivity contribution is -0.137. The molecule has 0 aliphatic carbocycles. The highest BCUT2D eigenvalue weighted by atomic mass is 19.4. The second-order valence-corrected chi connectivity index (χ2v) is 6.81. The first-order chi connectivity index (χ1) is 14.3. The molecule has 0 aliphatic rings.